The molecular formula is C13H18BrClFNO2S. The molecule has 20 heavy (non-hydrogen) atoms. The lowest BCUT2D eigenvalue weighted by molar-refractivity contribution is 0.309. The van der Waals surface area contributed by atoms with Gasteiger partial charge in [-0.05, 0) is 36.5 Å². The van der Waals surface area contributed by atoms with Crippen molar-refractivity contribution in [2.24, 2.45) is 5.41 Å². The fourth-order valence-electron chi connectivity index (χ4n) is 1.75. The number of hydrogen-bond acceptors (Lipinski definition) is 2. The molecule has 1 aromatic rings. The summed E-state index contributed by atoms with van der Waals surface area (Å²) >= 11 is 9.26. The summed E-state index contributed by atoms with van der Waals surface area (Å²) in [7, 11) is -3.82. The molecule has 0 aliphatic rings. The fourth-order valence-corrected chi connectivity index (χ4v) is 4.40. The highest BCUT2D eigenvalue weighted by Crippen LogP contribution is 2.29. The molecule has 3 nitrogen and oxygen atoms in total. The van der Waals surface area contributed by atoms with Gasteiger partial charge in [-0.1, -0.05) is 41.4 Å². The van der Waals surface area contributed by atoms with Crippen LogP contribution in [0.25, 0.3) is 0 Å². The average molecular weight is 387 g/mol. The van der Waals surface area contributed by atoms with Gasteiger partial charge in [-0.15, -0.1) is 0 Å². The van der Waals surface area contributed by atoms with Crippen LogP contribution in [0.4, 0.5) is 4.39 Å². The molecule has 7 heteroatoms. The Hall–Kier alpha value is -0.170. The normalized spacial score (nSPS) is 12.7. The van der Waals surface area contributed by atoms with E-state index in [2.05, 4.69) is 20.7 Å². The smallest absolute Gasteiger partial charge is 0.211 e. The molecule has 0 atom stereocenters. The Morgan fingerprint density at radius 1 is 1.35 bits per heavy atom. The average Bonchev–Trinajstić information content (AvgIpc) is 2.43. The number of alkyl halides is 1. The zero-order chi connectivity index (χ0) is 15.4. The molecule has 0 heterocycles. The summed E-state index contributed by atoms with van der Waals surface area (Å²) in [5, 5.41) is 0.697. The van der Waals surface area contributed by atoms with Crippen LogP contribution in [0.1, 0.15) is 26.7 Å². The predicted octanol–water partition coefficient (Wildman–Crippen LogP) is 3.96. The van der Waals surface area contributed by atoms with Crippen molar-refractivity contribution in [1.29, 1.82) is 0 Å². The van der Waals surface area contributed by atoms with Gasteiger partial charge >= 0.3 is 0 Å². The first kappa shape index (κ1) is 17.9. The van der Waals surface area contributed by atoms with Crippen molar-refractivity contribution in [3.05, 3.63) is 29.0 Å². The molecule has 114 valence electrons. The lowest BCUT2D eigenvalue weighted by Crippen LogP contribution is -2.38. The fraction of sp³-hybridized carbons (Fsp3) is 0.538. The summed E-state index contributed by atoms with van der Waals surface area (Å²) in [5.74, 6) is -0.632. The second-order valence-corrected chi connectivity index (χ2v) is 7.44. The molecule has 0 radical (unpaired) electrons. The first-order valence-corrected chi connectivity index (χ1v) is 9.29. The zero-order valence-corrected chi connectivity index (χ0v) is 14.6. The molecule has 0 saturated carbocycles. The van der Waals surface area contributed by atoms with Gasteiger partial charge in [0.1, 0.15) is 10.7 Å². The number of nitrogens with one attached hydrogen (secondary N) is 1. The summed E-state index contributed by atoms with van der Waals surface area (Å²) < 4.78 is 40.2. The molecule has 1 aromatic carbocycles. The van der Waals surface area contributed by atoms with Gasteiger partial charge in [0.25, 0.3) is 0 Å². The molecule has 1 rings (SSSR count). The molecule has 1 N–H and O–H groups in total. The zero-order valence-electron chi connectivity index (χ0n) is 11.4. The van der Waals surface area contributed by atoms with Gasteiger partial charge < -0.3 is 0 Å². The Labute approximate surface area is 133 Å². The van der Waals surface area contributed by atoms with Crippen LogP contribution in [0.3, 0.4) is 0 Å². The molecule has 0 saturated heterocycles. The van der Waals surface area contributed by atoms with Crippen LogP contribution in [0.2, 0.25) is 5.02 Å². The monoisotopic (exact) mass is 385 g/mol. The van der Waals surface area contributed by atoms with Gasteiger partial charge in [0.05, 0.1) is 5.02 Å². The van der Waals surface area contributed by atoms with Crippen molar-refractivity contribution < 1.29 is 12.8 Å². The lowest BCUT2D eigenvalue weighted by Gasteiger charge is -2.29. The molecule has 0 aliphatic heterocycles. The quantitative estimate of drug-likeness (QED) is 0.721. The summed E-state index contributed by atoms with van der Waals surface area (Å²) in [6, 6.07) is 3.30. The van der Waals surface area contributed by atoms with Crippen molar-refractivity contribution in [3.63, 3.8) is 0 Å². The number of benzene rings is 1. The Morgan fingerprint density at radius 3 is 2.45 bits per heavy atom. The van der Waals surface area contributed by atoms with Crippen LogP contribution in [0.5, 0.6) is 0 Å². The second kappa shape index (κ2) is 7.20. The first-order chi connectivity index (χ1) is 9.30. The maximum absolute atomic E-state index is 13.2. The largest absolute Gasteiger partial charge is 0.242 e. The van der Waals surface area contributed by atoms with Gasteiger partial charge in [0.15, 0.2) is 0 Å². The third-order valence-corrected chi connectivity index (χ3v) is 6.68. The number of sulfonamides is 1. The standard InChI is InChI=1S/C13H18BrClFNO2S/c1-3-13(4-2,8-14)9-17-20(18,19)12-7-10(16)5-6-11(12)15/h5-7,17H,3-4,8-9H2,1-2H3. The van der Waals surface area contributed by atoms with Crippen molar-refractivity contribution in [2.45, 2.75) is 31.6 Å². The summed E-state index contributed by atoms with van der Waals surface area (Å²) in [6.45, 7) is 4.29. The third kappa shape index (κ3) is 4.16. The van der Waals surface area contributed by atoms with E-state index in [0.29, 0.717) is 5.33 Å². The Kier molecular flexibility index (Phi) is 6.44. The van der Waals surface area contributed by atoms with Crippen LogP contribution in [-0.2, 0) is 10.0 Å². The van der Waals surface area contributed by atoms with Gasteiger partial charge in [-0.2, -0.15) is 0 Å². The highest BCUT2D eigenvalue weighted by molar-refractivity contribution is 9.09. The Bertz CT molecular complexity index is 553. The molecule has 0 bridgehead atoms. The van der Waals surface area contributed by atoms with Gasteiger partial charge in [-0.3, -0.25) is 0 Å². The van der Waals surface area contributed by atoms with E-state index in [1.807, 2.05) is 13.8 Å². The third-order valence-electron chi connectivity index (χ3n) is 3.60. The van der Waals surface area contributed by atoms with E-state index in [0.717, 1.165) is 25.0 Å². The second-order valence-electron chi connectivity index (χ2n) is 4.74. The van der Waals surface area contributed by atoms with Gasteiger partial charge in [0, 0.05) is 11.9 Å². The van der Waals surface area contributed by atoms with Crippen LogP contribution in [0.15, 0.2) is 23.1 Å². The Balaban J connectivity index is 2.98. The van der Waals surface area contributed by atoms with E-state index in [4.69, 9.17) is 11.6 Å². The topological polar surface area (TPSA) is 46.2 Å². The maximum atomic E-state index is 13.2. The minimum Gasteiger partial charge on any atom is -0.211 e. The molecule has 0 amide bonds. The van der Waals surface area contributed by atoms with E-state index in [1.165, 1.54) is 6.07 Å². The highest BCUT2D eigenvalue weighted by atomic mass is 79.9. The Morgan fingerprint density at radius 2 is 1.95 bits per heavy atom. The van der Waals surface area contributed by atoms with Crippen LogP contribution in [0, 0.1) is 11.2 Å². The summed E-state index contributed by atoms with van der Waals surface area (Å²) in [5.41, 5.74) is -0.160. The van der Waals surface area contributed by atoms with Gasteiger partial charge in [0.2, 0.25) is 10.0 Å². The summed E-state index contributed by atoms with van der Waals surface area (Å²) in [6.07, 6.45) is 1.66. The molecule has 0 aromatic heterocycles. The van der Waals surface area contributed by atoms with Crippen molar-refractivity contribution >= 4 is 37.6 Å². The number of hydrogen-bond donors (Lipinski definition) is 1. The van der Waals surface area contributed by atoms with E-state index in [-0.39, 0.29) is 21.9 Å². The number of rotatable bonds is 7. The minimum absolute atomic E-state index is 0.0105. The molecule has 0 aliphatic carbocycles. The van der Waals surface area contributed by atoms with Crippen molar-refractivity contribution in [3.8, 4) is 0 Å². The lowest BCUT2D eigenvalue weighted by atomic mass is 9.85. The van der Waals surface area contributed by atoms with E-state index in [9.17, 15) is 12.8 Å². The van der Waals surface area contributed by atoms with E-state index < -0.39 is 15.8 Å². The van der Waals surface area contributed by atoms with E-state index >= 15 is 0 Å². The van der Waals surface area contributed by atoms with Gasteiger partial charge in [-0.25, -0.2) is 17.5 Å². The maximum Gasteiger partial charge on any atom is 0.242 e. The van der Waals surface area contributed by atoms with Crippen LogP contribution < -0.4 is 4.72 Å². The number of halogens is 3. The van der Waals surface area contributed by atoms with Crippen LogP contribution in [-0.4, -0.2) is 20.3 Å². The van der Waals surface area contributed by atoms with Crippen molar-refractivity contribution in [1.82, 2.24) is 4.72 Å². The summed E-state index contributed by atoms with van der Waals surface area (Å²) in [4.78, 5) is -0.227. The first-order valence-electron chi connectivity index (χ1n) is 6.31. The van der Waals surface area contributed by atoms with Crippen molar-refractivity contribution in [2.75, 3.05) is 11.9 Å². The predicted molar refractivity (Wildman–Crippen MR) is 83.4 cm³/mol. The van der Waals surface area contributed by atoms with E-state index in [1.54, 1.807) is 0 Å². The highest BCUT2D eigenvalue weighted by Gasteiger charge is 2.28. The molecule has 0 unspecified atom stereocenters. The molecule has 0 spiro atoms. The molecule has 0 fully saturated rings. The van der Waals surface area contributed by atoms with Crippen LogP contribution >= 0.6 is 27.5 Å². The SMILES string of the molecule is CCC(CC)(CBr)CNS(=O)(=O)c1cc(F)ccc1Cl. The minimum atomic E-state index is -3.82. The molecular weight excluding hydrogens is 369 g/mol.